The van der Waals surface area contributed by atoms with E-state index in [9.17, 15) is 0 Å². The van der Waals surface area contributed by atoms with Crippen molar-refractivity contribution in [1.29, 1.82) is 0 Å². The Morgan fingerprint density at radius 2 is 0.886 bits per heavy atom. The number of hydrogen-bond acceptors (Lipinski definition) is 3. The molecule has 0 atom stereocenters. The van der Waals surface area contributed by atoms with Gasteiger partial charge >= 0.3 is 210 Å². The molecule has 0 radical (unpaired) electrons. The first-order valence-corrected chi connectivity index (χ1v) is 14.5. The maximum atomic E-state index is 7.21. The van der Waals surface area contributed by atoms with Gasteiger partial charge in [0.05, 0.1) is 0 Å². The van der Waals surface area contributed by atoms with Crippen molar-refractivity contribution in [2.75, 3.05) is 6.16 Å². The second kappa shape index (κ2) is 10.5. The van der Waals surface area contributed by atoms with Gasteiger partial charge in [0.25, 0.3) is 0 Å². The number of benzene rings is 4. The summed E-state index contributed by atoms with van der Waals surface area (Å²) in [5.41, 5.74) is 3.11. The van der Waals surface area contributed by atoms with Crippen molar-refractivity contribution in [2.24, 2.45) is 0 Å². The van der Waals surface area contributed by atoms with Crippen LogP contribution in [-0.2, 0) is 0 Å². The van der Waals surface area contributed by atoms with Crippen molar-refractivity contribution in [3.63, 3.8) is 0 Å². The fourth-order valence-corrected chi connectivity index (χ4v) is 8.58. The molecular weight excluding hydrogens is 451 g/mol. The van der Waals surface area contributed by atoms with Crippen LogP contribution in [0.1, 0.15) is 36.5 Å². The maximum absolute atomic E-state index is 7.21. The Morgan fingerprint density at radius 1 is 0.514 bits per heavy atom. The van der Waals surface area contributed by atoms with Gasteiger partial charge in [-0.25, -0.2) is 0 Å². The molecule has 0 aromatic heterocycles. The molecule has 4 rings (SSSR count). The average Bonchev–Trinajstić information content (AvgIpc) is 2.88. The quantitative estimate of drug-likeness (QED) is 0.210. The SMILES string of the molecule is CCCCP(Oc1ccccc1C)(Oc1ccccc1C)(Oc1ccccc1C)c1ccccc1. The van der Waals surface area contributed by atoms with Crippen LogP contribution >= 0.6 is 7.28 Å². The summed E-state index contributed by atoms with van der Waals surface area (Å²) in [6, 6.07) is 34.5. The molecule has 0 aliphatic carbocycles. The minimum atomic E-state index is -4.08. The average molecular weight is 487 g/mol. The fraction of sp³-hybridized carbons (Fsp3) is 0.226. The fourth-order valence-electron chi connectivity index (χ4n) is 4.20. The molecule has 0 unspecified atom stereocenters. The second-order valence-electron chi connectivity index (χ2n) is 9.03. The number of aryl methyl sites for hydroxylation is 3. The predicted octanol–water partition coefficient (Wildman–Crippen LogP) is 8.57. The molecule has 4 aromatic rings. The van der Waals surface area contributed by atoms with Gasteiger partial charge in [0.2, 0.25) is 0 Å². The monoisotopic (exact) mass is 486 g/mol. The van der Waals surface area contributed by atoms with E-state index in [1.54, 1.807) is 0 Å². The predicted molar refractivity (Wildman–Crippen MR) is 148 cm³/mol. The second-order valence-corrected chi connectivity index (χ2v) is 12.6. The van der Waals surface area contributed by atoms with Crippen LogP contribution < -0.4 is 18.9 Å². The van der Waals surface area contributed by atoms with Gasteiger partial charge < -0.3 is 0 Å². The van der Waals surface area contributed by atoms with Crippen molar-refractivity contribution >= 4 is 12.6 Å². The molecule has 182 valence electrons. The normalized spacial score (nSPS) is 12.4. The van der Waals surface area contributed by atoms with E-state index in [-0.39, 0.29) is 0 Å². The Hall–Kier alpha value is -3.29. The molecule has 35 heavy (non-hydrogen) atoms. The summed E-state index contributed by atoms with van der Waals surface area (Å²) in [4.78, 5) is 0. The number of rotatable bonds is 10. The Balaban J connectivity index is 2.06. The summed E-state index contributed by atoms with van der Waals surface area (Å²) < 4.78 is 21.6. The zero-order valence-corrected chi connectivity index (χ0v) is 22.0. The van der Waals surface area contributed by atoms with Crippen LogP contribution in [0, 0.1) is 20.8 Å². The molecule has 0 spiro atoms. The van der Waals surface area contributed by atoms with Crippen molar-refractivity contribution in [3.8, 4) is 17.2 Å². The van der Waals surface area contributed by atoms with Crippen LogP contribution in [0.4, 0.5) is 0 Å². The number of hydrogen-bond donors (Lipinski definition) is 0. The van der Waals surface area contributed by atoms with Gasteiger partial charge in [-0.05, 0) is 0 Å². The van der Waals surface area contributed by atoms with Crippen LogP contribution in [0.15, 0.2) is 103 Å². The Morgan fingerprint density at radius 3 is 1.26 bits per heavy atom. The van der Waals surface area contributed by atoms with E-state index in [1.807, 2.05) is 72.8 Å². The molecular formula is C31H35O3P. The van der Waals surface area contributed by atoms with Gasteiger partial charge in [-0.1, -0.05) is 0 Å². The van der Waals surface area contributed by atoms with E-state index in [0.29, 0.717) is 6.16 Å². The van der Waals surface area contributed by atoms with Gasteiger partial charge in [0, 0.05) is 0 Å². The molecule has 4 heteroatoms. The first kappa shape index (κ1) is 24.8. The molecule has 3 nitrogen and oxygen atoms in total. The summed E-state index contributed by atoms with van der Waals surface area (Å²) in [6.45, 7) is 8.37. The topological polar surface area (TPSA) is 27.7 Å². The zero-order chi connectivity index (χ0) is 24.8. The standard InChI is InChI=1S/C31H35O3P/c1-5-6-24-35(28-19-8-7-9-20-28,32-29-21-13-10-16-25(29)2,33-30-22-14-11-17-26(30)3)34-31-23-15-12-18-27(31)4/h7-23H,5-6,24H2,1-4H3. The van der Waals surface area contributed by atoms with Crippen LogP contribution in [0.25, 0.3) is 0 Å². The van der Waals surface area contributed by atoms with Crippen LogP contribution in [-0.4, -0.2) is 6.16 Å². The molecule has 0 aliphatic heterocycles. The van der Waals surface area contributed by atoms with Crippen LogP contribution in [0.3, 0.4) is 0 Å². The van der Waals surface area contributed by atoms with Gasteiger partial charge in [0.1, 0.15) is 0 Å². The van der Waals surface area contributed by atoms with Crippen LogP contribution in [0.2, 0.25) is 0 Å². The van der Waals surface area contributed by atoms with E-state index < -0.39 is 7.28 Å². The summed E-state index contributed by atoms with van der Waals surface area (Å²) in [5.74, 6) is 2.31. The van der Waals surface area contributed by atoms with Crippen molar-refractivity contribution in [2.45, 2.75) is 40.5 Å². The molecule has 0 aliphatic rings. The molecule has 0 saturated heterocycles. The number of unbranched alkanes of at least 4 members (excludes halogenated alkanes) is 1. The van der Waals surface area contributed by atoms with Crippen molar-refractivity contribution in [1.82, 2.24) is 0 Å². The van der Waals surface area contributed by atoms with Crippen molar-refractivity contribution in [3.05, 3.63) is 120 Å². The molecule has 0 fully saturated rings. The Kier molecular flexibility index (Phi) is 7.48. The van der Waals surface area contributed by atoms with Crippen molar-refractivity contribution < 1.29 is 13.6 Å². The van der Waals surface area contributed by atoms with E-state index in [2.05, 4.69) is 58.0 Å². The third kappa shape index (κ3) is 5.21. The first-order valence-electron chi connectivity index (χ1n) is 12.3. The molecule has 0 amide bonds. The summed E-state index contributed by atoms with van der Waals surface area (Å²) >= 11 is 0. The molecule has 0 saturated carbocycles. The Labute approximate surface area is 209 Å². The van der Waals surface area contributed by atoms with Crippen LogP contribution in [0.5, 0.6) is 17.2 Å². The molecule has 4 aromatic carbocycles. The summed E-state index contributed by atoms with van der Waals surface area (Å²) in [7, 11) is -4.08. The van der Waals surface area contributed by atoms with Gasteiger partial charge in [-0.15, -0.1) is 0 Å². The van der Waals surface area contributed by atoms with E-state index >= 15 is 0 Å². The Bertz CT molecular complexity index is 1150. The third-order valence-corrected chi connectivity index (χ3v) is 10.4. The molecule has 0 heterocycles. The minimum absolute atomic E-state index is 0.614. The zero-order valence-electron chi connectivity index (χ0n) is 21.1. The third-order valence-electron chi connectivity index (χ3n) is 6.28. The van der Waals surface area contributed by atoms with Gasteiger partial charge in [0.15, 0.2) is 0 Å². The first-order chi connectivity index (χ1) is 17.0. The summed E-state index contributed by atoms with van der Waals surface area (Å²) in [6.07, 6.45) is 2.48. The number of para-hydroxylation sites is 3. The van der Waals surface area contributed by atoms with E-state index in [4.69, 9.17) is 13.6 Å². The summed E-state index contributed by atoms with van der Waals surface area (Å²) in [5, 5.41) is 0.932. The van der Waals surface area contributed by atoms with E-state index in [1.165, 1.54) is 0 Å². The molecule has 0 bridgehead atoms. The molecule has 0 N–H and O–H groups in total. The van der Waals surface area contributed by atoms with E-state index in [0.717, 1.165) is 52.1 Å². The van der Waals surface area contributed by atoms with Gasteiger partial charge in [-0.2, -0.15) is 0 Å². The van der Waals surface area contributed by atoms with Gasteiger partial charge in [-0.3, -0.25) is 0 Å².